The summed E-state index contributed by atoms with van der Waals surface area (Å²) in [7, 11) is 0. The highest BCUT2D eigenvalue weighted by atomic mass is 19.1. The molecule has 2 aliphatic heterocycles. The fourth-order valence-electron chi connectivity index (χ4n) is 3.77. The highest BCUT2D eigenvalue weighted by Crippen LogP contribution is 2.42. The first-order valence-corrected chi connectivity index (χ1v) is 9.32. The van der Waals surface area contributed by atoms with E-state index in [9.17, 15) is 9.18 Å². The van der Waals surface area contributed by atoms with Gasteiger partial charge in [0.15, 0.2) is 11.5 Å². The van der Waals surface area contributed by atoms with Crippen molar-refractivity contribution < 1.29 is 18.7 Å². The number of hydrogen-bond donors (Lipinski definition) is 0. The lowest BCUT2D eigenvalue weighted by Gasteiger charge is -2.28. The zero-order valence-corrected chi connectivity index (χ0v) is 15.1. The van der Waals surface area contributed by atoms with Crippen molar-refractivity contribution >= 4 is 12.0 Å². The Balaban J connectivity index is 1.48. The minimum absolute atomic E-state index is 0.0109. The molecule has 2 aromatic carbocycles. The highest BCUT2D eigenvalue weighted by Gasteiger charge is 2.32. The van der Waals surface area contributed by atoms with Crippen molar-refractivity contribution in [3.63, 3.8) is 0 Å². The number of likely N-dealkylation sites (tertiary alicyclic amines) is 1. The predicted molar refractivity (Wildman–Crippen MR) is 101 cm³/mol. The molecule has 1 saturated heterocycles. The van der Waals surface area contributed by atoms with Crippen LogP contribution in [0.5, 0.6) is 11.5 Å². The summed E-state index contributed by atoms with van der Waals surface area (Å²) in [4.78, 5) is 14.7. The van der Waals surface area contributed by atoms with E-state index in [1.807, 2.05) is 29.2 Å². The summed E-state index contributed by atoms with van der Waals surface area (Å²) in [5.74, 6) is 1.31. The van der Waals surface area contributed by atoms with Gasteiger partial charge in [0.05, 0.1) is 6.04 Å². The number of halogens is 1. The molecule has 2 aromatic rings. The van der Waals surface area contributed by atoms with Gasteiger partial charge in [0.2, 0.25) is 5.91 Å². The summed E-state index contributed by atoms with van der Waals surface area (Å²) < 4.78 is 24.7. The summed E-state index contributed by atoms with van der Waals surface area (Å²) in [6, 6.07) is 12.2. The Bertz CT molecular complexity index is 864. The van der Waals surface area contributed by atoms with Gasteiger partial charge in [-0.05, 0) is 36.6 Å². The van der Waals surface area contributed by atoms with Gasteiger partial charge in [0.1, 0.15) is 19.0 Å². The third-order valence-electron chi connectivity index (χ3n) is 4.98. The highest BCUT2D eigenvalue weighted by molar-refractivity contribution is 5.79. The van der Waals surface area contributed by atoms with Gasteiger partial charge in [-0.25, -0.2) is 4.39 Å². The number of rotatable bonds is 4. The third kappa shape index (κ3) is 3.82. The van der Waals surface area contributed by atoms with Crippen LogP contribution in [0.3, 0.4) is 0 Å². The smallest absolute Gasteiger partial charge is 0.226 e. The predicted octanol–water partition coefficient (Wildman–Crippen LogP) is 4.36. The van der Waals surface area contributed by atoms with Crippen LogP contribution < -0.4 is 9.47 Å². The molecule has 2 aliphatic rings. The SMILES string of the molecule is O=C(C/C=C/c1cccc(F)c1)N1CCCC1c1cccc2c1OCCO2. The molecule has 5 heteroatoms. The van der Waals surface area contributed by atoms with Crippen molar-refractivity contribution in [3.05, 3.63) is 65.5 Å². The molecular weight excluding hydrogens is 345 g/mol. The second-order valence-corrected chi connectivity index (χ2v) is 6.78. The molecule has 0 spiro atoms. The number of fused-ring (bicyclic) bond motifs is 1. The van der Waals surface area contributed by atoms with Gasteiger partial charge in [-0.3, -0.25) is 4.79 Å². The van der Waals surface area contributed by atoms with E-state index in [0.29, 0.717) is 19.6 Å². The van der Waals surface area contributed by atoms with Gasteiger partial charge in [0.25, 0.3) is 0 Å². The molecule has 0 aliphatic carbocycles. The maximum absolute atomic E-state index is 13.2. The Morgan fingerprint density at radius 1 is 1.19 bits per heavy atom. The van der Waals surface area contributed by atoms with Crippen LogP contribution in [-0.2, 0) is 4.79 Å². The number of carbonyl (C=O) groups excluding carboxylic acids is 1. The molecule has 2 heterocycles. The van der Waals surface area contributed by atoms with Crippen LogP contribution in [-0.4, -0.2) is 30.6 Å². The molecule has 0 bridgehead atoms. The van der Waals surface area contributed by atoms with E-state index >= 15 is 0 Å². The first kappa shape index (κ1) is 17.6. The van der Waals surface area contributed by atoms with Crippen LogP contribution in [0.1, 0.15) is 36.4 Å². The Labute approximate surface area is 158 Å². The Hall–Kier alpha value is -2.82. The van der Waals surface area contributed by atoms with E-state index in [1.165, 1.54) is 12.1 Å². The molecular formula is C22H22FNO3. The monoisotopic (exact) mass is 367 g/mol. The second kappa shape index (κ2) is 7.82. The van der Waals surface area contributed by atoms with Gasteiger partial charge in [-0.15, -0.1) is 0 Å². The standard InChI is InChI=1S/C22H22FNO3/c23-17-7-1-5-16(15-17)6-2-11-21(25)24-12-4-9-19(24)18-8-3-10-20-22(18)27-14-13-26-20/h1-3,5-8,10,15,19H,4,9,11-14H2/b6-2+. The fourth-order valence-corrected chi connectivity index (χ4v) is 3.77. The summed E-state index contributed by atoms with van der Waals surface area (Å²) in [6.07, 6.45) is 5.76. The largest absolute Gasteiger partial charge is 0.486 e. The van der Waals surface area contributed by atoms with Crippen molar-refractivity contribution in [2.45, 2.75) is 25.3 Å². The van der Waals surface area contributed by atoms with Gasteiger partial charge >= 0.3 is 0 Å². The Kier molecular flexibility index (Phi) is 5.10. The maximum atomic E-state index is 13.2. The molecule has 140 valence electrons. The lowest BCUT2D eigenvalue weighted by atomic mass is 10.0. The van der Waals surface area contributed by atoms with Crippen LogP contribution in [0.4, 0.5) is 4.39 Å². The Morgan fingerprint density at radius 2 is 2.04 bits per heavy atom. The molecule has 1 fully saturated rings. The number of amides is 1. The average Bonchev–Trinajstić information content (AvgIpc) is 3.17. The molecule has 4 rings (SSSR count). The van der Waals surface area contributed by atoms with E-state index < -0.39 is 0 Å². The van der Waals surface area contributed by atoms with Crippen molar-refractivity contribution in [2.75, 3.05) is 19.8 Å². The number of benzene rings is 2. The van der Waals surface area contributed by atoms with E-state index in [4.69, 9.17) is 9.47 Å². The number of para-hydroxylation sites is 1. The quantitative estimate of drug-likeness (QED) is 0.806. The third-order valence-corrected chi connectivity index (χ3v) is 4.98. The number of nitrogens with zero attached hydrogens (tertiary/aromatic N) is 1. The average molecular weight is 367 g/mol. The van der Waals surface area contributed by atoms with Crippen molar-refractivity contribution in [3.8, 4) is 11.5 Å². The number of carbonyl (C=O) groups is 1. The molecule has 1 unspecified atom stereocenters. The first-order valence-electron chi connectivity index (χ1n) is 9.32. The molecule has 0 radical (unpaired) electrons. The summed E-state index contributed by atoms with van der Waals surface area (Å²) in [5.41, 5.74) is 1.77. The molecule has 1 atom stereocenters. The molecule has 0 N–H and O–H groups in total. The van der Waals surface area contributed by atoms with Crippen LogP contribution in [0.2, 0.25) is 0 Å². The Morgan fingerprint density at radius 3 is 2.93 bits per heavy atom. The van der Waals surface area contributed by atoms with Crippen molar-refractivity contribution in [1.29, 1.82) is 0 Å². The van der Waals surface area contributed by atoms with Crippen LogP contribution in [0.15, 0.2) is 48.5 Å². The van der Waals surface area contributed by atoms with Crippen LogP contribution in [0.25, 0.3) is 6.08 Å². The maximum Gasteiger partial charge on any atom is 0.226 e. The minimum Gasteiger partial charge on any atom is -0.486 e. The summed E-state index contributed by atoms with van der Waals surface area (Å²) in [5, 5.41) is 0. The zero-order chi connectivity index (χ0) is 18.6. The van der Waals surface area contributed by atoms with Crippen molar-refractivity contribution in [2.24, 2.45) is 0 Å². The number of hydrogen-bond acceptors (Lipinski definition) is 3. The van der Waals surface area contributed by atoms with E-state index in [-0.39, 0.29) is 17.8 Å². The topological polar surface area (TPSA) is 38.8 Å². The zero-order valence-electron chi connectivity index (χ0n) is 15.1. The van der Waals surface area contributed by atoms with E-state index in [0.717, 1.165) is 42.0 Å². The van der Waals surface area contributed by atoms with E-state index in [1.54, 1.807) is 18.2 Å². The fraction of sp³-hybridized carbons (Fsp3) is 0.318. The van der Waals surface area contributed by atoms with Crippen molar-refractivity contribution in [1.82, 2.24) is 4.90 Å². The number of ether oxygens (including phenoxy) is 2. The molecule has 1 amide bonds. The van der Waals surface area contributed by atoms with E-state index in [2.05, 4.69) is 0 Å². The second-order valence-electron chi connectivity index (χ2n) is 6.78. The van der Waals surface area contributed by atoms with Gasteiger partial charge in [-0.2, -0.15) is 0 Å². The lowest BCUT2D eigenvalue weighted by molar-refractivity contribution is -0.131. The lowest BCUT2D eigenvalue weighted by Crippen LogP contribution is -2.30. The summed E-state index contributed by atoms with van der Waals surface area (Å²) >= 11 is 0. The minimum atomic E-state index is -0.279. The van der Waals surface area contributed by atoms with Gasteiger partial charge in [-0.1, -0.05) is 36.4 Å². The molecule has 4 nitrogen and oxygen atoms in total. The molecule has 27 heavy (non-hydrogen) atoms. The van der Waals surface area contributed by atoms with Gasteiger partial charge < -0.3 is 14.4 Å². The summed E-state index contributed by atoms with van der Waals surface area (Å²) in [6.45, 7) is 1.82. The molecule has 0 saturated carbocycles. The van der Waals surface area contributed by atoms with Gasteiger partial charge in [0, 0.05) is 18.5 Å². The first-order chi connectivity index (χ1) is 13.2. The van der Waals surface area contributed by atoms with Crippen LogP contribution in [0, 0.1) is 5.82 Å². The molecule has 0 aromatic heterocycles. The van der Waals surface area contributed by atoms with Crippen LogP contribution >= 0.6 is 0 Å². The normalized spacial score (nSPS) is 18.9.